The van der Waals surface area contributed by atoms with Gasteiger partial charge in [-0.05, 0) is 38.4 Å². The van der Waals surface area contributed by atoms with E-state index in [2.05, 4.69) is 20.4 Å². The van der Waals surface area contributed by atoms with Gasteiger partial charge in [-0.2, -0.15) is 4.98 Å². The Bertz CT molecular complexity index is 611. The number of anilines is 1. The van der Waals surface area contributed by atoms with Gasteiger partial charge in [-0.15, -0.1) is 0 Å². The van der Waals surface area contributed by atoms with Crippen molar-refractivity contribution in [1.82, 2.24) is 15.0 Å². The van der Waals surface area contributed by atoms with Crippen LogP contribution in [0.15, 0.2) is 34.9 Å². The number of amides is 1. The fourth-order valence-corrected chi connectivity index (χ4v) is 2.64. The molecule has 1 aromatic heterocycles. The Kier molecular flexibility index (Phi) is 3.96. The van der Waals surface area contributed by atoms with Gasteiger partial charge in [-0.3, -0.25) is 9.69 Å². The van der Waals surface area contributed by atoms with Gasteiger partial charge >= 0.3 is 0 Å². The lowest BCUT2D eigenvalue weighted by Gasteiger charge is -2.21. The zero-order chi connectivity index (χ0) is 14.7. The number of nitrogens with zero attached hydrogens (tertiary/aromatic N) is 3. The molecule has 0 bridgehead atoms. The molecule has 1 N–H and O–H groups in total. The van der Waals surface area contributed by atoms with E-state index in [0.29, 0.717) is 18.3 Å². The van der Waals surface area contributed by atoms with E-state index in [4.69, 9.17) is 4.52 Å². The quantitative estimate of drug-likeness (QED) is 0.930. The number of carbonyl (C=O) groups is 1. The predicted octanol–water partition coefficient (Wildman–Crippen LogP) is 1.98. The van der Waals surface area contributed by atoms with Crippen LogP contribution in [0.5, 0.6) is 0 Å². The van der Waals surface area contributed by atoms with Crippen LogP contribution in [0.4, 0.5) is 5.69 Å². The molecule has 1 aliphatic rings. The lowest BCUT2D eigenvalue weighted by molar-refractivity contribution is -0.120. The number of aryl methyl sites for hydroxylation is 1. The fourth-order valence-electron chi connectivity index (χ4n) is 2.64. The summed E-state index contributed by atoms with van der Waals surface area (Å²) in [6.45, 7) is 3.18. The maximum atomic E-state index is 12.4. The van der Waals surface area contributed by atoms with Crippen molar-refractivity contribution < 1.29 is 9.32 Å². The zero-order valence-corrected chi connectivity index (χ0v) is 12.0. The van der Waals surface area contributed by atoms with Gasteiger partial charge in [-0.1, -0.05) is 23.4 Å². The Morgan fingerprint density at radius 1 is 1.43 bits per heavy atom. The summed E-state index contributed by atoms with van der Waals surface area (Å²) in [5.41, 5.74) is 0.822. The van der Waals surface area contributed by atoms with Crippen molar-refractivity contribution in [3.05, 3.63) is 42.0 Å². The third-order valence-electron chi connectivity index (χ3n) is 3.62. The van der Waals surface area contributed by atoms with E-state index in [1.54, 1.807) is 6.92 Å². The molecule has 1 fully saturated rings. The first-order chi connectivity index (χ1) is 10.2. The van der Waals surface area contributed by atoms with Gasteiger partial charge in [0.1, 0.15) is 0 Å². The normalized spacial score (nSPS) is 18.8. The van der Waals surface area contributed by atoms with E-state index in [0.717, 1.165) is 25.1 Å². The van der Waals surface area contributed by atoms with Crippen LogP contribution in [0.25, 0.3) is 0 Å². The Hall–Kier alpha value is -2.21. The molecule has 2 aromatic rings. The summed E-state index contributed by atoms with van der Waals surface area (Å²) in [7, 11) is 0. The van der Waals surface area contributed by atoms with E-state index in [-0.39, 0.29) is 11.9 Å². The average molecular weight is 286 g/mol. The predicted molar refractivity (Wildman–Crippen MR) is 77.5 cm³/mol. The summed E-state index contributed by atoms with van der Waals surface area (Å²) in [5, 5.41) is 6.74. The number of nitrogens with one attached hydrogen (secondary N) is 1. The molecular weight excluding hydrogens is 268 g/mol. The standard InChI is InChI=1S/C15H18N4O2/c1-11-16-14(21-18-11)10-19-9-5-8-13(19)15(20)17-12-6-3-2-4-7-12/h2-4,6-7,13H,5,8-10H2,1H3,(H,17,20)/t13-/m1/s1. The number of aromatic nitrogens is 2. The van der Waals surface area contributed by atoms with E-state index >= 15 is 0 Å². The first kappa shape index (κ1) is 13.8. The number of carbonyl (C=O) groups excluding carboxylic acids is 1. The average Bonchev–Trinajstić information content (AvgIpc) is 3.10. The van der Waals surface area contributed by atoms with Crippen molar-refractivity contribution in [2.75, 3.05) is 11.9 Å². The fraction of sp³-hybridized carbons (Fsp3) is 0.400. The van der Waals surface area contributed by atoms with Crippen LogP contribution >= 0.6 is 0 Å². The largest absolute Gasteiger partial charge is 0.338 e. The van der Waals surface area contributed by atoms with Crippen LogP contribution in [0.2, 0.25) is 0 Å². The monoisotopic (exact) mass is 286 g/mol. The third-order valence-corrected chi connectivity index (χ3v) is 3.62. The highest BCUT2D eigenvalue weighted by Gasteiger charge is 2.31. The van der Waals surface area contributed by atoms with Crippen molar-refractivity contribution in [3.8, 4) is 0 Å². The molecule has 0 saturated carbocycles. The van der Waals surface area contributed by atoms with Crippen molar-refractivity contribution in [2.45, 2.75) is 32.4 Å². The zero-order valence-electron chi connectivity index (χ0n) is 12.0. The molecule has 2 heterocycles. The van der Waals surface area contributed by atoms with Crippen LogP contribution in [-0.2, 0) is 11.3 Å². The number of rotatable bonds is 4. The maximum Gasteiger partial charge on any atom is 0.241 e. The van der Waals surface area contributed by atoms with Crippen LogP contribution in [-0.4, -0.2) is 33.5 Å². The van der Waals surface area contributed by atoms with Crippen molar-refractivity contribution in [3.63, 3.8) is 0 Å². The minimum atomic E-state index is -0.141. The molecule has 3 rings (SSSR count). The summed E-state index contributed by atoms with van der Waals surface area (Å²) < 4.78 is 5.14. The molecule has 1 aliphatic heterocycles. The molecule has 0 radical (unpaired) electrons. The van der Waals surface area contributed by atoms with Gasteiger partial charge in [0, 0.05) is 5.69 Å². The van der Waals surface area contributed by atoms with Gasteiger partial charge in [0.15, 0.2) is 5.82 Å². The minimum Gasteiger partial charge on any atom is -0.338 e. The molecule has 6 heteroatoms. The Balaban J connectivity index is 1.64. The first-order valence-corrected chi connectivity index (χ1v) is 7.11. The second-order valence-corrected chi connectivity index (χ2v) is 5.22. The third kappa shape index (κ3) is 3.28. The molecule has 0 aliphatic carbocycles. The van der Waals surface area contributed by atoms with Crippen molar-refractivity contribution in [2.24, 2.45) is 0 Å². The van der Waals surface area contributed by atoms with Gasteiger partial charge in [-0.25, -0.2) is 0 Å². The van der Waals surface area contributed by atoms with E-state index in [1.807, 2.05) is 30.3 Å². The molecular formula is C15H18N4O2. The number of benzene rings is 1. The highest BCUT2D eigenvalue weighted by atomic mass is 16.5. The summed E-state index contributed by atoms with van der Waals surface area (Å²) >= 11 is 0. The molecule has 1 amide bonds. The van der Waals surface area contributed by atoms with Crippen LogP contribution in [0, 0.1) is 6.92 Å². The molecule has 21 heavy (non-hydrogen) atoms. The summed E-state index contributed by atoms with van der Waals surface area (Å²) in [5.74, 6) is 1.20. The lowest BCUT2D eigenvalue weighted by atomic mass is 10.2. The van der Waals surface area contributed by atoms with Crippen LogP contribution in [0.1, 0.15) is 24.6 Å². The molecule has 1 aromatic carbocycles. The smallest absolute Gasteiger partial charge is 0.241 e. The second-order valence-electron chi connectivity index (χ2n) is 5.22. The minimum absolute atomic E-state index is 0.0231. The SMILES string of the molecule is Cc1noc(CN2CCC[C@@H]2C(=O)Nc2ccccc2)n1. The van der Waals surface area contributed by atoms with Crippen molar-refractivity contribution >= 4 is 11.6 Å². The highest BCUT2D eigenvalue weighted by molar-refractivity contribution is 5.94. The molecule has 0 spiro atoms. The van der Waals surface area contributed by atoms with Gasteiger partial charge < -0.3 is 9.84 Å². The van der Waals surface area contributed by atoms with Crippen molar-refractivity contribution in [1.29, 1.82) is 0 Å². The van der Waals surface area contributed by atoms with Gasteiger partial charge in [0.25, 0.3) is 0 Å². The molecule has 1 atom stereocenters. The Labute approximate surface area is 123 Å². The molecule has 1 saturated heterocycles. The van der Waals surface area contributed by atoms with E-state index in [1.165, 1.54) is 0 Å². The molecule has 6 nitrogen and oxygen atoms in total. The lowest BCUT2D eigenvalue weighted by Crippen LogP contribution is -2.39. The van der Waals surface area contributed by atoms with Crippen LogP contribution < -0.4 is 5.32 Å². The Morgan fingerprint density at radius 3 is 2.95 bits per heavy atom. The molecule has 0 unspecified atom stereocenters. The topological polar surface area (TPSA) is 71.3 Å². The van der Waals surface area contributed by atoms with Gasteiger partial charge in [0.2, 0.25) is 11.8 Å². The summed E-state index contributed by atoms with van der Waals surface area (Å²) in [4.78, 5) is 18.7. The number of likely N-dealkylation sites (tertiary alicyclic amines) is 1. The number of hydrogen-bond donors (Lipinski definition) is 1. The second kappa shape index (κ2) is 6.05. The van der Waals surface area contributed by atoms with E-state index < -0.39 is 0 Å². The van der Waals surface area contributed by atoms with E-state index in [9.17, 15) is 4.79 Å². The van der Waals surface area contributed by atoms with Gasteiger partial charge in [0.05, 0.1) is 12.6 Å². The Morgan fingerprint density at radius 2 is 2.24 bits per heavy atom. The molecule has 110 valence electrons. The summed E-state index contributed by atoms with van der Waals surface area (Å²) in [6, 6.07) is 9.37. The number of para-hydroxylation sites is 1. The highest BCUT2D eigenvalue weighted by Crippen LogP contribution is 2.21. The maximum absolute atomic E-state index is 12.4. The first-order valence-electron chi connectivity index (χ1n) is 7.11. The van der Waals surface area contributed by atoms with Crippen LogP contribution in [0.3, 0.4) is 0 Å². The summed E-state index contributed by atoms with van der Waals surface area (Å²) in [6.07, 6.45) is 1.85. The number of hydrogen-bond acceptors (Lipinski definition) is 5.